The number of hydroxylamine groups is 1. The Kier molecular flexibility index (Phi) is 4.98. The average molecular weight is 278 g/mol. The Balaban J connectivity index is 1.95. The van der Waals surface area contributed by atoms with Gasteiger partial charge in [-0.1, -0.05) is 19.2 Å². The number of hydrogen-bond donors (Lipinski definition) is 2. The molecule has 2 N–H and O–H groups in total. The Bertz CT molecular complexity index is 436. The van der Waals surface area contributed by atoms with Crippen molar-refractivity contribution < 1.29 is 14.4 Å². The summed E-state index contributed by atoms with van der Waals surface area (Å²) >= 11 is 0. The second-order valence-corrected chi connectivity index (χ2v) is 5.19. The zero-order chi connectivity index (χ0) is 14.5. The molecule has 0 spiro atoms. The van der Waals surface area contributed by atoms with Crippen LogP contribution in [0.25, 0.3) is 0 Å². The maximum absolute atomic E-state index is 12.2. The third-order valence-corrected chi connectivity index (χ3v) is 3.56. The zero-order valence-corrected chi connectivity index (χ0v) is 11.9. The van der Waals surface area contributed by atoms with Gasteiger partial charge in [-0.3, -0.25) is 15.1 Å². The van der Waals surface area contributed by atoms with Crippen LogP contribution in [-0.4, -0.2) is 31.3 Å². The van der Waals surface area contributed by atoms with Gasteiger partial charge in [0, 0.05) is 25.7 Å². The maximum Gasteiger partial charge on any atom is 0.252 e. The lowest BCUT2D eigenvalue weighted by Crippen LogP contribution is -2.47. The minimum atomic E-state index is -0.533. The lowest BCUT2D eigenvalue weighted by molar-refractivity contribution is -0.139. The molecule has 2 rings (SSSR count). The Morgan fingerprint density at radius 2 is 2.15 bits per heavy atom. The number of carbonyl (C=O) groups is 1. The van der Waals surface area contributed by atoms with Gasteiger partial charge in [0.05, 0.1) is 5.70 Å². The molecule has 2 heterocycles. The summed E-state index contributed by atoms with van der Waals surface area (Å²) in [5.74, 6) is -0.0930. The maximum atomic E-state index is 12.2. The van der Waals surface area contributed by atoms with Crippen molar-refractivity contribution in [1.29, 1.82) is 0 Å². The van der Waals surface area contributed by atoms with E-state index in [4.69, 9.17) is 9.57 Å². The van der Waals surface area contributed by atoms with Crippen LogP contribution in [0.5, 0.6) is 0 Å². The lowest BCUT2D eigenvalue weighted by atomic mass is 10.0. The third-order valence-electron chi connectivity index (χ3n) is 3.56. The molecule has 1 atom stereocenters. The molecule has 0 aliphatic carbocycles. The van der Waals surface area contributed by atoms with E-state index in [-0.39, 0.29) is 11.9 Å². The van der Waals surface area contributed by atoms with E-state index in [0.717, 1.165) is 29.7 Å². The summed E-state index contributed by atoms with van der Waals surface area (Å²) < 4.78 is 5.28. The Morgan fingerprint density at radius 3 is 2.75 bits per heavy atom. The highest BCUT2D eigenvalue weighted by molar-refractivity contribution is 5.81. The Hall–Kier alpha value is -1.59. The fraction of sp³-hybridized carbons (Fsp3) is 0.533. The number of ether oxygens (including phenoxy) is 1. The van der Waals surface area contributed by atoms with E-state index in [9.17, 15) is 4.79 Å². The third kappa shape index (κ3) is 3.49. The molecule has 1 fully saturated rings. The first-order valence-electron chi connectivity index (χ1n) is 6.93. The normalized spacial score (nSPS) is 23.9. The molecular weight excluding hydrogens is 256 g/mol. The number of hydrogen-bond acceptors (Lipinski definition) is 4. The SMILES string of the molecule is C=CC1=C(C(=C)C)NOC(C(=O)NC2CCOCC2)C1. The second-order valence-electron chi connectivity index (χ2n) is 5.19. The van der Waals surface area contributed by atoms with Crippen LogP contribution < -0.4 is 10.8 Å². The van der Waals surface area contributed by atoms with Gasteiger partial charge in [-0.15, -0.1) is 0 Å². The first-order chi connectivity index (χ1) is 9.61. The van der Waals surface area contributed by atoms with E-state index in [1.807, 2.05) is 6.92 Å². The summed E-state index contributed by atoms with van der Waals surface area (Å²) in [7, 11) is 0. The molecule has 0 aromatic carbocycles. The molecule has 2 aliphatic rings. The zero-order valence-electron chi connectivity index (χ0n) is 11.9. The Morgan fingerprint density at radius 1 is 1.45 bits per heavy atom. The number of allylic oxidation sites excluding steroid dienone is 2. The van der Waals surface area contributed by atoms with Gasteiger partial charge >= 0.3 is 0 Å². The van der Waals surface area contributed by atoms with E-state index in [0.29, 0.717) is 19.6 Å². The van der Waals surface area contributed by atoms with Crippen molar-refractivity contribution in [3.63, 3.8) is 0 Å². The minimum Gasteiger partial charge on any atom is -0.381 e. The second kappa shape index (κ2) is 6.72. The van der Waals surface area contributed by atoms with Crippen LogP contribution in [0.2, 0.25) is 0 Å². The van der Waals surface area contributed by atoms with E-state index in [1.54, 1.807) is 6.08 Å². The van der Waals surface area contributed by atoms with Gasteiger partial charge in [0.2, 0.25) is 0 Å². The summed E-state index contributed by atoms with van der Waals surface area (Å²) in [5.41, 5.74) is 5.44. The molecule has 2 aliphatic heterocycles. The van der Waals surface area contributed by atoms with Crippen LogP contribution in [0.3, 0.4) is 0 Å². The van der Waals surface area contributed by atoms with Crippen LogP contribution in [0.15, 0.2) is 36.1 Å². The molecule has 0 radical (unpaired) electrons. The smallest absolute Gasteiger partial charge is 0.252 e. The Labute approximate surface area is 119 Å². The topological polar surface area (TPSA) is 59.6 Å². The van der Waals surface area contributed by atoms with Gasteiger partial charge in [-0.05, 0) is 30.9 Å². The number of rotatable bonds is 4. The van der Waals surface area contributed by atoms with Gasteiger partial charge in [-0.25, -0.2) is 0 Å². The largest absolute Gasteiger partial charge is 0.381 e. The van der Waals surface area contributed by atoms with Crippen molar-refractivity contribution in [2.75, 3.05) is 13.2 Å². The average Bonchev–Trinajstić information content (AvgIpc) is 2.47. The highest BCUT2D eigenvalue weighted by Gasteiger charge is 2.28. The number of nitrogens with one attached hydrogen (secondary N) is 2. The summed E-state index contributed by atoms with van der Waals surface area (Å²) in [4.78, 5) is 17.6. The molecule has 5 nitrogen and oxygen atoms in total. The van der Waals surface area contributed by atoms with Crippen LogP contribution in [0.4, 0.5) is 0 Å². The summed E-state index contributed by atoms with van der Waals surface area (Å²) in [6.45, 7) is 10.9. The van der Waals surface area contributed by atoms with Crippen LogP contribution in [0, 0.1) is 0 Å². The van der Waals surface area contributed by atoms with Gasteiger partial charge in [0.15, 0.2) is 6.10 Å². The van der Waals surface area contributed by atoms with Crippen molar-refractivity contribution in [3.05, 3.63) is 36.1 Å². The van der Waals surface area contributed by atoms with Crippen molar-refractivity contribution in [3.8, 4) is 0 Å². The molecule has 5 heteroatoms. The van der Waals surface area contributed by atoms with Gasteiger partial charge in [0.1, 0.15) is 0 Å². The fourth-order valence-electron chi connectivity index (χ4n) is 2.37. The van der Waals surface area contributed by atoms with E-state index < -0.39 is 6.10 Å². The van der Waals surface area contributed by atoms with Gasteiger partial charge < -0.3 is 10.1 Å². The first-order valence-corrected chi connectivity index (χ1v) is 6.93. The number of amides is 1. The van der Waals surface area contributed by atoms with Crippen molar-refractivity contribution in [2.45, 2.75) is 38.3 Å². The van der Waals surface area contributed by atoms with E-state index in [2.05, 4.69) is 24.0 Å². The van der Waals surface area contributed by atoms with E-state index >= 15 is 0 Å². The molecule has 1 amide bonds. The molecular formula is C15H22N2O3. The van der Waals surface area contributed by atoms with Crippen LogP contribution >= 0.6 is 0 Å². The summed E-state index contributed by atoms with van der Waals surface area (Å²) in [5, 5.41) is 3.01. The quantitative estimate of drug-likeness (QED) is 0.820. The van der Waals surface area contributed by atoms with Crippen molar-refractivity contribution >= 4 is 5.91 Å². The predicted octanol–water partition coefficient (Wildman–Crippen LogP) is 1.59. The first kappa shape index (κ1) is 14.8. The van der Waals surface area contributed by atoms with Crippen LogP contribution in [-0.2, 0) is 14.4 Å². The molecule has 0 saturated carbocycles. The molecule has 1 unspecified atom stereocenters. The van der Waals surface area contributed by atoms with Crippen molar-refractivity contribution in [2.24, 2.45) is 0 Å². The van der Waals surface area contributed by atoms with Gasteiger partial charge in [0.25, 0.3) is 5.91 Å². The number of carbonyl (C=O) groups excluding carboxylic acids is 1. The van der Waals surface area contributed by atoms with E-state index in [1.165, 1.54) is 0 Å². The molecule has 0 bridgehead atoms. The van der Waals surface area contributed by atoms with Crippen LogP contribution in [0.1, 0.15) is 26.2 Å². The molecule has 20 heavy (non-hydrogen) atoms. The highest BCUT2D eigenvalue weighted by Crippen LogP contribution is 2.22. The standard InChI is InChI=1S/C15H22N2O3/c1-4-11-9-13(20-17-14(11)10(2)3)15(18)16-12-5-7-19-8-6-12/h4,12-13,17H,1-2,5-9H2,3H3,(H,16,18). The fourth-order valence-corrected chi connectivity index (χ4v) is 2.37. The molecule has 110 valence electrons. The monoisotopic (exact) mass is 278 g/mol. The van der Waals surface area contributed by atoms with Crippen molar-refractivity contribution in [1.82, 2.24) is 10.8 Å². The van der Waals surface area contributed by atoms with Gasteiger partial charge in [-0.2, -0.15) is 0 Å². The molecule has 1 saturated heterocycles. The minimum absolute atomic E-state index is 0.0930. The summed E-state index contributed by atoms with van der Waals surface area (Å²) in [6, 6.07) is 0.179. The predicted molar refractivity (Wildman–Crippen MR) is 76.6 cm³/mol. The summed E-state index contributed by atoms with van der Waals surface area (Å²) in [6.07, 6.45) is 3.43. The lowest BCUT2D eigenvalue weighted by Gasteiger charge is -2.29. The molecule has 0 aromatic rings. The highest BCUT2D eigenvalue weighted by atomic mass is 16.7. The molecule has 0 aromatic heterocycles.